The molecule has 32 heavy (non-hydrogen) atoms. The van der Waals surface area contributed by atoms with Gasteiger partial charge in [0.05, 0.1) is 23.5 Å². The van der Waals surface area contributed by atoms with Crippen molar-refractivity contribution in [2.75, 3.05) is 5.32 Å². The zero-order valence-electron chi connectivity index (χ0n) is 16.8. The predicted molar refractivity (Wildman–Crippen MR) is 111 cm³/mol. The maximum Gasteiger partial charge on any atom is 0.238 e. The van der Waals surface area contributed by atoms with Crippen LogP contribution < -0.4 is 5.32 Å². The molecule has 0 unspecified atom stereocenters. The summed E-state index contributed by atoms with van der Waals surface area (Å²) in [4.78, 5) is 21.3. The lowest BCUT2D eigenvalue weighted by Gasteiger charge is -2.17. The van der Waals surface area contributed by atoms with E-state index in [0.717, 1.165) is 31.9 Å². The molecule has 1 N–H and O–H groups in total. The highest BCUT2D eigenvalue weighted by atomic mass is 19.1. The monoisotopic (exact) mass is 433 g/mol. The highest BCUT2D eigenvalue weighted by molar-refractivity contribution is 6.05. The van der Waals surface area contributed by atoms with Gasteiger partial charge in [0.1, 0.15) is 23.0 Å². The maximum absolute atomic E-state index is 14.2. The van der Waals surface area contributed by atoms with E-state index in [2.05, 4.69) is 30.6 Å². The van der Waals surface area contributed by atoms with Crippen molar-refractivity contribution in [1.29, 1.82) is 0 Å². The Hall–Kier alpha value is -3.82. The van der Waals surface area contributed by atoms with Crippen molar-refractivity contribution in [3.05, 3.63) is 59.4 Å². The number of nitrogens with zero attached hydrogens (tertiary/aromatic N) is 6. The van der Waals surface area contributed by atoms with Crippen molar-refractivity contribution in [3.8, 4) is 11.5 Å². The minimum Gasteiger partial charge on any atom is -0.308 e. The normalized spacial score (nSPS) is 16.6. The largest absolute Gasteiger partial charge is 0.308 e. The van der Waals surface area contributed by atoms with Crippen molar-refractivity contribution in [1.82, 2.24) is 29.9 Å². The van der Waals surface area contributed by atoms with E-state index in [9.17, 15) is 13.6 Å². The minimum absolute atomic E-state index is 0.0972. The highest BCUT2D eigenvalue weighted by Crippen LogP contribution is 2.47. The standard InChI is InChI=1S/C22H17F2N7O/c23-13-9-14-16(30-31(20(14)25-10-13)11-12-5-1-2-6-15(12)24)18-26-19-17(28-29-18)22(21(32)27-19)7-3-4-8-22/h1-2,5-6,9-10H,3-4,7-8,11H2,(H,26,27,29,32). The number of carbonyl (C=O) groups excluding carboxylic acids is 1. The summed E-state index contributed by atoms with van der Waals surface area (Å²) in [5, 5.41) is 16.3. The molecule has 4 heterocycles. The summed E-state index contributed by atoms with van der Waals surface area (Å²) in [6, 6.07) is 7.64. The van der Waals surface area contributed by atoms with Crippen LogP contribution in [-0.2, 0) is 16.8 Å². The SMILES string of the molecule is O=C1Nc2nc(-c3nn(Cc4ccccc4F)c4ncc(F)cc34)nnc2C12CCCC2. The van der Waals surface area contributed by atoms with Crippen LogP contribution >= 0.6 is 0 Å². The molecule has 6 rings (SSSR count). The number of amides is 1. The van der Waals surface area contributed by atoms with Crippen LogP contribution in [0.2, 0.25) is 0 Å². The molecular formula is C22H17F2N7O. The molecule has 1 aliphatic carbocycles. The molecular weight excluding hydrogens is 416 g/mol. The number of pyridine rings is 1. The summed E-state index contributed by atoms with van der Waals surface area (Å²) in [6.07, 6.45) is 4.42. The number of anilines is 1. The van der Waals surface area contributed by atoms with Gasteiger partial charge in [-0.3, -0.25) is 4.79 Å². The van der Waals surface area contributed by atoms with Crippen LogP contribution in [0.4, 0.5) is 14.6 Å². The molecule has 1 saturated carbocycles. The second-order valence-electron chi connectivity index (χ2n) is 8.20. The number of carbonyl (C=O) groups is 1. The zero-order valence-corrected chi connectivity index (χ0v) is 16.8. The van der Waals surface area contributed by atoms with Crippen LogP contribution in [0, 0.1) is 11.6 Å². The van der Waals surface area contributed by atoms with Crippen molar-refractivity contribution in [2.45, 2.75) is 37.6 Å². The number of aromatic nitrogens is 6. The molecule has 2 aliphatic rings. The molecule has 0 saturated heterocycles. The minimum atomic E-state index is -0.659. The second-order valence-corrected chi connectivity index (χ2v) is 8.20. The van der Waals surface area contributed by atoms with Crippen molar-refractivity contribution >= 4 is 22.8 Å². The average molecular weight is 433 g/mol. The first-order valence-corrected chi connectivity index (χ1v) is 10.4. The summed E-state index contributed by atoms with van der Waals surface area (Å²) in [5.41, 5.74) is 0.944. The average Bonchev–Trinajstić information content (AvgIpc) is 3.48. The lowest BCUT2D eigenvalue weighted by molar-refractivity contribution is -0.120. The summed E-state index contributed by atoms with van der Waals surface area (Å²) >= 11 is 0. The molecule has 1 aliphatic heterocycles. The molecule has 10 heteroatoms. The molecule has 4 aromatic rings. The van der Waals surface area contributed by atoms with Gasteiger partial charge < -0.3 is 5.32 Å². The Labute approximate surface area is 180 Å². The third kappa shape index (κ3) is 2.72. The quantitative estimate of drug-likeness (QED) is 0.532. The van der Waals surface area contributed by atoms with E-state index in [-0.39, 0.29) is 29.8 Å². The van der Waals surface area contributed by atoms with Crippen LogP contribution in [0.3, 0.4) is 0 Å². The van der Waals surface area contributed by atoms with E-state index in [1.165, 1.54) is 16.8 Å². The Morgan fingerprint density at radius 3 is 2.75 bits per heavy atom. The third-order valence-electron chi connectivity index (χ3n) is 6.31. The van der Waals surface area contributed by atoms with Crippen LogP contribution in [0.15, 0.2) is 36.5 Å². The van der Waals surface area contributed by atoms with Gasteiger partial charge in [0, 0.05) is 5.56 Å². The number of nitrogens with one attached hydrogen (secondary N) is 1. The smallest absolute Gasteiger partial charge is 0.238 e. The van der Waals surface area contributed by atoms with Crippen LogP contribution in [0.25, 0.3) is 22.6 Å². The number of hydrogen-bond donors (Lipinski definition) is 1. The van der Waals surface area contributed by atoms with Crippen LogP contribution in [0.5, 0.6) is 0 Å². The van der Waals surface area contributed by atoms with Crippen molar-refractivity contribution in [2.24, 2.45) is 0 Å². The molecule has 160 valence electrons. The van der Waals surface area contributed by atoms with E-state index < -0.39 is 11.2 Å². The van der Waals surface area contributed by atoms with E-state index in [0.29, 0.717) is 28.1 Å². The first kappa shape index (κ1) is 18.9. The molecule has 0 bridgehead atoms. The Balaban J connectivity index is 1.47. The van der Waals surface area contributed by atoms with Crippen molar-refractivity contribution in [3.63, 3.8) is 0 Å². The predicted octanol–water partition coefficient (Wildman–Crippen LogP) is 3.37. The molecule has 3 aromatic heterocycles. The molecule has 0 radical (unpaired) electrons. The van der Waals surface area contributed by atoms with Gasteiger partial charge in [-0.05, 0) is 25.0 Å². The zero-order chi connectivity index (χ0) is 21.9. The summed E-state index contributed by atoms with van der Waals surface area (Å²) in [6.45, 7) is 0.0972. The first-order chi connectivity index (χ1) is 15.5. The lowest BCUT2D eigenvalue weighted by Crippen LogP contribution is -2.31. The fraction of sp³-hybridized carbons (Fsp3) is 0.273. The highest BCUT2D eigenvalue weighted by Gasteiger charge is 2.51. The third-order valence-corrected chi connectivity index (χ3v) is 6.31. The lowest BCUT2D eigenvalue weighted by atomic mass is 9.84. The van der Waals surface area contributed by atoms with Crippen molar-refractivity contribution < 1.29 is 13.6 Å². The molecule has 1 fully saturated rings. The van der Waals surface area contributed by atoms with E-state index in [1.807, 2.05) is 0 Å². The van der Waals surface area contributed by atoms with Gasteiger partial charge in [-0.25, -0.2) is 23.4 Å². The molecule has 1 spiro atoms. The Morgan fingerprint density at radius 2 is 1.94 bits per heavy atom. The van der Waals surface area contributed by atoms with Crippen LogP contribution in [0.1, 0.15) is 36.9 Å². The number of fused-ring (bicyclic) bond motifs is 3. The first-order valence-electron chi connectivity index (χ1n) is 10.4. The number of benzene rings is 1. The molecule has 0 atom stereocenters. The fourth-order valence-electron chi connectivity index (χ4n) is 4.71. The van der Waals surface area contributed by atoms with E-state index in [4.69, 9.17) is 0 Å². The van der Waals surface area contributed by atoms with Gasteiger partial charge in [0.15, 0.2) is 11.5 Å². The summed E-state index contributed by atoms with van der Waals surface area (Å²) < 4.78 is 29.7. The van der Waals surface area contributed by atoms with Gasteiger partial charge in [0.25, 0.3) is 0 Å². The second kappa shape index (κ2) is 6.84. The molecule has 1 aromatic carbocycles. The van der Waals surface area contributed by atoms with Gasteiger partial charge in [0.2, 0.25) is 11.7 Å². The summed E-state index contributed by atoms with van der Waals surface area (Å²) in [5.74, 6) is -0.519. The van der Waals surface area contributed by atoms with Gasteiger partial charge in [-0.15, -0.1) is 10.2 Å². The Kier molecular flexibility index (Phi) is 4.04. The molecule has 8 nitrogen and oxygen atoms in total. The Bertz CT molecular complexity index is 1390. The number of rotatable bonds is 3. The Morgan fingerprint density at radius 1 is 1.12 bits per heavy atom. The summed E-state index contributed by atoms with van der Waals surface area (Å²) in [7, 11) is 0. The number of hydrogen-bond acceptors (Lipinski definition) is 6. The van der Waals surface area contributed by atoms with E-state index >= 15 is 0 Å². The van der Waals surface area contributed by atoms with Gasteiger partial charge in [-0.2, -0.15) is 5.10 Å². The van der Waals surface area contributed by atoms with Gasteiger partial charge >= 0.3 is 0 Å². The maximum atomic E-state index is 14.2. The van der Waals surface area contributed by atoms with Crippen LogP contribution in [-0.4, -0.2) is 35.9 Å². The fourth-order valence-corrected chi connectivity index (χ4v) is 4.71. The molecule has 1 amide bonds. The number of halogens is 2. The topological polar surface area (TPSA) is 98.5 Å². The van der Waals surface area contributed by atoms with E-state index in [1.54, 1.807) is 18.2 Å². The van der Waals surface area contributed by atoms with Gasteiger partial charge in [-0.1, -0.05) is 31.0 Å².